The van der Waals surface area contributed by atoms with Gasteiger partial charge in [0.25, 0.3) is 5.91 Å². The number of nitrogens with zero attached hydrogens (tertiary/aromatic N) is 3. The van der Waals surface area contributed by atoms with Crippen molar-refractivity contribution in [3.05, 3.63) is 61.0 Å². The SMILES string of the molecule is COc1cc(C(=O)N/N=C/c2ccc([N+](=O)[O-])s2)ccc1[N+](=O)[O-]. The van der Waals surface area contributed by atoms with Crippen LogP contribution >= 0.6 is 11.3 Å². The van der Waals surface area contributed by atoms with E-state index in [1.165, 1.54) is 37.6 Å². The van der Waals surface area contributed by atoms with Crippen molar-refractivity contribution in [3.8, 4) is 5.75 Å². The van der Waals surface area contributed by atoms with Crippen molar-refractivity contribution in [2.45, 2.75) is 0 Å². The Morgan fingerprint density at radius 3 is 2.58 bits per heavy atom. The number of amides is 1. The molecule has 124 valence electrons. The summed E-state index contributed by atoms with van der Waals surface area (Å²) < 4.78 is 4.87. The van der Waals surface area contributed by atoms with Gasteiger partial charge in [0.05, 0.1) is 28.0 Å². The fourth-order valence-electron chi connectivity index (χ4n) is 1.70. The van der Waals surface area contributed by atoms with Gasteiger partial charge in [-0.15, -0.1) is 0 Å². The summed E-state index contributed by atoms with van der Waals surface area (Å²) in [7, 11) is 1.26. The Hall–Kier alpha value is -3.34. The number of nitro benzene ring substituents is 1. The van der Waals surface area contributed by atoms with E-state index >= 15 is 0 Å². The van der Waals surface area contributed by atoms with Crippen LogP contribution in [0.15, 0.2) is 35.4 Å². The topological polar surface area (TPSA) is 137 Å². The summed E-state index contributed by atoms with van der Waals surface area (Å²) in [6.07, 6.45) is 1.26. The molecule has 0 spiro atoms. The minimum Gasteiger partial charge on any atom is -0.490 e. The number of benzene rings is 1. The predicted molar refractivity (Wildman–Crippen MR) is 85.7 cm³/mol. The quantitative estimate of drug-likeness (QED) is 0.482. The Kier molecular flexibility index (Phi) is 5.16. The highest BCUT2D eigenvalue weighted by atomic mass is 32.1. The number of ether oxygens (including phenoxy) is 1. The van der Waals surface area contributed by atoms with Crippen molar-refractivity contribution < 1.29 is 19.4 Å². The van der Waals surface area contributed by atoms with Crippen LogP contribution in [0.5, 0.6) is 5.75 Å². The fraction of sp³-hybridized carbons (Fsp3) is 0.0769. The van der Waals surface area contributed by atoms with Gasteiger partial charge in [-0.2, -0.15) is 5.10 Å². The summed E-state index contributed by atoms with van der Waals surface area (Å²) in [6, 6.07) is 6.46. The summed E-state index contributed by atoms with van der Waals surface area (Å²) in [5.41, 5.74) is 2.08. The van der Waals surface area contributed by atoms with E-state index in [4.69, 9.17) is 4.74 Å². The number of carbonyl (C=O) groups excluding carboxylic acids is 1. The first kappa shape index (κ1) is 17.0. The summed E-state index contributed by atoms with van der Waals surface area (Å²) in [6.45, 7) is 0. The summed E-state index contributed by atoms with van der Waals surface area (Å²) in [5.74, 6) is -0.656. The van der Waals surface area contributed by atoms with E-state index in [2.05, 4.69) is 10.5 Å². The lowest BCUT2D eigenvalue weighted by Crippen LogP contribution is -2.17. The van der Waals surface area contributed by atoms with E-state index in [-0.39, 0.29) is 22.0 Å². The minimum atomic E-state index is -0.623. The van der Waals surface area contributed by atoms with Gasteiger partial charge < -0.3 is 4.74 Å². The van der Waals surface area contributed by atoms with Crippen LogP contribution in [0.1, 0.15) is 15.2 Å². The molecule has 0 saturated carbocycles. The molecule has 0 atom stereocenters. The first-order chi connectivity index (χ1) is 11.4. The fourth-order valence-corrected chi connectivity index (χ4v) is 2.39. The Morgan fingerprint density at radius 2 is 2.00 bits per heavy atom. The summed E-state index contributed by atoms with van der Waals surface area (Å²) in [4.78, 5) is 32.6. The van der Waals surface area contributed by atoms with Crippen molar-refractivity contribution >= 4 is 34.1 Å². The Labute approximate surface area is 138 Å². The van der Waals surface area contributed by atoms with Crippen LogP contribution in [0.2, 0.25) is 0 Å². The highest BCUT2D eigenvalue weighted by Crippen LogP contribution is 2.27. The standard InChI is InChI=1S/C13H10N4O6S/c1-23-11-6-8(2-4-10(11)16(19)20)13(18)15-14-7-9-3-5-12(24-9)17(21)22/h2-7H,1H3,(H,15,18)/b14-7+. The Morgan fingerprint density at radius 1 is 1.25 bits per heavy atom. The normalized spacial score (nSPS) is 10.5. The number of thiophene rings is 1. The molecule has 2 aromatic rings. The molecule has 0 unspecified atom stereocenters. The van der Waals surface area contributed by atoms with E-state index in [1.807, 2.05) is 0 Å². The second-order valence-electron chi connectivity index (χ2n) is 4.28. The second-order valence-corrected chi connectivity index (χ2v) is 5.37. The minimum absolute atomic E-state index is 0.0390. The zero-order valence-electron chi connectivity index (χ0n) is 12.2. The highest BCUT2D eigenvalue weighted by Gasteiger charge is 2.17. The van der Waals surface area contributed by atoms with Gasteiger partial charge in [-0.25, -0.2) is 5.43 Å². The molecule has 0 fully saturated rings. The molecule has 11 heteroatoms. The first-order valence-corrected chi connectivity index (χ1v) is 7.14. The van der Waals surface area contributed by atoms with Crippen LogP contribution in [0, 0.1) is 20.2 Å². The Bertz CT molecular complexity index is 832. The number of hydrogen-bond donors (Lipinski definition) is 1. The zero-order chi connectivity index (χ0) is 17.7. The molecule has 0 bridgehead atoms. The molecule has 0 radical (unpaired) electrons. The lowest BCUT2D eigenvalue weighted by molar-refractivity contribution is -0.385. The zero-order valence-corrected chi connectivity index (χ0v) is 13.0. The molecule has 1 N–H and O–H groups in total. The number of rotatable bonds is 6. The molecule has 0 aliphatic carbocycles. The third-order valence-electron chi connectivity index (χ3n) is 2.79. The third kappa shape index (κ3) is 3.89. The van der Waals surface area contributed by atoms with Crippen molar-refractivity contribution in [2.24, 2.45) is 5.10 Å². The molecule has 1 aromatic heterocycles. The molecule has 24 heavy (non-hydrogen) atoms. The molecule has 2 rings (SSSR count). The predicted octanol–water partition coefficient (Wildman–Crippen LogP) is 2.34. The van der Waals surface area contributed by atoms with Gasteiger partial charge in [0.2, 0.25) is 0 Å². The number of nitrogens with one attached hydrogen (secondary N) is 1. The third-order valence-corrected chi connectivity index (χ3v) is 3.76. The van der Waals surface area contributed by atoms with Crippen LogP contribution in [0.25, 0.3) is 0 Å². The molecule has 1 aromatic carbocycles. The molecule has 0 aliphatic heterocycles. The monoisotopic (exact) mass is 350 g/mol. The molecule has 1 heterocycles. The lowest BCUT2D eigenvalue weighted by Gasteiger charge is -2.04. The maximum atomic E-state index is 11.9. The second kappa shape index (κ2) is 7.28. The molecule has 0 saturated heterocycles. The van der Waals surface area contributed by atoms with Crippen LogP contribution in [-0.2, 0) is 0 Å². The van der Waals surface area contributed by atoms with Crippen molar-refractivity contribution in [1.82, 2.24) is 5.43 Å². The van der Waals surface area contributed by atoms with Crippen molar-refractivity contribution in [3.63, 3.8) is 0 Å². The average molecular weight is 350 g/mol. The van der Waals surface area contributed by atoms with Crippen LogP contribution in [-0.4, -0.2) is 29.1 Å². The van der Waals surface area contributed by atoms with Crippen LogP contribution in [0.4, 0.5) is 10.7 Å². The largest absolute Gasteiger partial charge is 0.490 e. The smallest absolute Gasteiger partial charge is 0.324 e. The molecular formula is C13H10N4O6S. The molecule has 10 nitrogen and oxygen atoms in total. The number of hydrazone groups is 1. The van der Waals surface area contributed by atoms with E-state index in [0.717, 1.165) is 17.4 Å². The number of methoxy groups -OCH3 is 1. The highest BCUT2D eigenvalue weighted by molar-refractivity contribution is 7.16. The van der Waals surface area contributed by atoms with Gasteiger partial charge in [0.15, 0.2) is 5.75 Å². The molecular weight excluding hydrogens is 340 g/mol. The van der Waals surface area contributed by atoms with Gasteiger partial charge in [-0.3, -0.25) is 25.0 Å². The van der Waals surface area contributed by atoms with Gasteiger partial charge in [-0.1, -0.05) is 11.3 Å². The van der Waals surface area contributed by atoms with Crippen molar-refractivity contribution in [1.29, 1.82) is 0 Å². The number of hydrogen-bond acceptors (Lipinski definition) is 8. The molecule has 0 aliphatic rings. The van der Waals surface area contributed by atoms with Gasteiger partial charge >= 0.3 is 10.7 Å². The summed E-state index contributed by atoms with van der Waals surface area (Å²) in [5, 5.41) is 25.0. The van der Waals surface area contributed by atoms with Crippen molar-refractivity contribution in [2.75, 3.05) is 7.11 Å². The van der Waals surface area contributed by atoms with Crippen LogP contribution < -0.4 is 10.2 Å². The summed E-state index contributed by atoms with van der Waals surface area (Å²) >= 11 is 0.905. The van der Waals surface area contributed by atoms with E-state index in [9.17, 15) is 25.0 Å². The van der Waals surface area contributed by atoms with E-state index in [1.54, 1.807) is 0 Å². The van der Waals surface area contributed by atoms with E-state index < -0.39 is 15.8 Å². The average Bonchev–Trinajstić information content (AvgIpc) is 3.03. The Balaban J connectivity index is 2.07. The molecule has 1 amide bonds. The maximum Gasteiger partial charge on any atom is 0.324 e. The van der Waals surface area contributed by atoms with E-state index in [0.29, 0.717) is 4.88 Å². The maximum absolute atomic E-state index is 11.9. The number of nitro groups is 2. The van der Waals surface area contributed by atoms with Crippen LogP contribution in [0.3, 0.4) is 0 Å². The van der Waals surface area contributed by atoms with Gasteiger partial charge in [-0.05, 0) is 12.1 Å². The van der Waals surface area contributed by atoms with Gasteiger partial charge in [0.1, 0.15) is 0 Å². The first-order valence-electron chi connectivity index (χ1n) is 6.32. The lowest BCUT2D eigenvalue weighted by atomic mass is 10.2. The van der Waals surface area contributed by atoms with Gasteiger partial charge in [0, 0.05) is 23.8 Å². The number of carbonyl (C=O) groups is 1.